The summed E-state index contributed by atoms with van der Waals surface area (Å²) in [6.07, 6.45) is 1.74. The van der Waals surface area contributed by atoms with Crippen molar-refractivity contribution < 1.29 is 5.11 Å². The van der Waals surface area contributed by atoms with Gasteiger partial charge in [-0.05, 0) is 36.8 Å². The lowest BCUT2D eigenvalue weighted by Gasteiger charge is -2.09. The summed E-state index contributed by atoms with van der Waals surface area (Å²) in [4.78, 5) is 0. The van der Waals surface area contributed by atoms with Crippen molar-refractivity contribution in [3.8, 4) is 17.0 Å². The molecule has 0 unspecified atom stereocenters. The summed E-state index contributed by atoms with van der Waals surface area (Å²) in [5, 5.41) is 20.0. The SMILES string of the molecule is Cc1ccc(O)c(CNc2ccc(-c3ccn[nH]3)cc2)c1. The van der Waals surface area contributed by atoms with Crippen LogP contribution in [0.25, 0.3) is 11.3 Å². The van der Waals surface area contributed by atoms with Crippen molar-refractivity contribution in [2.24, 2.45) is 0 Å². The lowest BCUT2D eigenvalue weighted by molar-refractivity contribution is 0.469. The molecule has 0 amide bonds. The van der Waals surface area contributed by atoms with Gasteiger partial charge >= 0.3 is 0 Å². The Kier molecular flexibility index (Phi) is 3.60. The van der Waals surface area contributed by atoms with Gasteiger partial charge in [0.25, 0.3) is 0 Å². The Morgan fingerprint density at radius 1 is 1.10 bits per heavy atom. The lowest BCUT2D eigenvalue weighted by Crippen LogP contribution is -2.00. The zero-order valence-corrected chi connectivity index (χ0v) is 11.8. The van der Waals surface area contributed by atoms with E-state index >= 15 is 0 Å². The Morgan fingerprint density at radius 3 is 2.62 bits per heavy atom. The van der Waals surface area contributed by atoms with Crippen LogP contribution in [0.3, 0.4) is 0 Å². The molecule has 3 aromatic rings. The second kappa shape index (κ2) is 5.71. The van der Waals surface area contributed by atoms with Gasteiger partial charge in [-0.25, -0.2) is 0 Å². The van der Waals surface area contributed by atoms with Crippen molar-refractivity contribution in [2.75, 3.05) is 5.32 Å². The minimum absolute atomic E-state index is 0.321. The van der Waals surface area contributed by atoms with Gasteiger partial charge in [0.05, 0.1) is 5.69 Å². The fourth-order valence-electron chi connectivity index (χ4n) is 2.24. The average molecular weight is 279 g/mol. The maximum atomic E-state index is 9.83. The van der Waals surface area contributed by atoms with E-state index in [1.165, 1.54) is 0 Å². The summed E-state index contributed by atoms with van der Waals surface area (Å²) in [6.45, 7) is 2.61. The number of aromatic nitrogens is 2. The van der Waals surface area contributed by atoms with Crippen molar-refractivity contribution >= 4 is 5.69 Å². The van der Waals surface area contributed by atoms with Crippen LogP contribution in [0.1, 0.15) is 11.1 Å². The summed E-state index contributed by atoms with van der Waals surface area (Å²) >= 11 is 0. The van der Waals surface area contributed by atoms with Gasteiger partial charge in [-0.1, -0.05) is 29.8 Å². The van der Waals surface area contributed by atoms with E-state index in [4.69, 9.17) is 0 Å². The first kappa shape index (κ1) is 13.2. The van der Waals surface area contributed by atoms with E-state index in [2.05, 4.69) is 15.5 Å². The average Bonchev–Trinajstić information content (AvgIpc) is 3.03. The molecular formula is C17H17N3O. The number of hydrogen-bond acceptors (Lipinski definition) is 3. The topological polar surface area (TPSA) is 60.9 Å². The molecule has 3 N–H and O–H groups in total. The van der Waals surface area contributed by atoms with Crippen molar-refractivity contribution in [1.29, 1.82) is 0 Å². The highest BCUT2D eigenvalue weighted by atomic mass is 16.3. The van der Waals surface area contributed by atoms with E-state index < -0.39 is 0 Å². The first-order valence-corrected chi connectivity index (χ1v) is 6.84. The van der Waals surface area contributed by atoms with Crippen molar-refractivity contribution in [3.63, 3.8) is 0 Å². The number of rotatable bonds is 4. The highest BCUT2D eigenvalue weighted by Gasteiger charge is 2.02. The van der Waals surface area contributed by atoms with Gasteiger partial charge in [0.15, 0.2) is 0 Å². The van der Waals surface area contributed by atoms with Gasteiger partial charge in [-0.3, -0.25) is 5.10 Å². The maximum absolute atomic E-state index is 9.83. The molecule has 0 saturated carbocycles. The predicted octanol–water partition coefficient (Wildman–Crippen LogP) is 3.70. The number of benzene rings is 2. The quantitative estimate of drug-likeness (QED) is 0.682. The normalized spacial score (nSPS) is 10.5. The number of anilines is 1. The monoisotopic (exact) mass is 279 g/mol. The van der Waals surface area contributed by atoms with Gasteiger partial charge in [0, 0.05) is 24.0 Å². The van der Waals surface area contributed by atoms with E-state index in [1.807, 2.05) is 49.4 Å². The summed E-state index contributed by atoms with van der Waals surface area (Å²) in [5.74, 6) is 0.321. The highest BCUT2D eigenvalue weighted by Crippen LogP contribution is 2.22. The number of H-pyrrole nitrogens is 1. The van der Waals surface area contributed by atoms with Crippen LogP contribution in [0.15, 0.2) is 54.7 Å². The molecule has 4 nitrogen and oxygen atoms in total. The second-order valence-electron chi connectivity index (χ2n) is 5.03. The van der Waals surface area contributed by atoms with E-state index in [9.17, 15) is 5.11 Å². The number of aryl methyl sites for hydroxylation is 1. The van der Waals surface area contributed by atoms with Crippen LogP contribution < -0.4 is 5.32 Å². The molecule has 0 atom stereocenters. The van der Waals surface area contributed by atoms with Gasteiger partial charge in [-0.2, -0.15) is 5.10 Å². The van der Waals surface area contributed by atoms with E-state index in [-0.39, 0.29) is 0 Å². The molecule has 0 spiro atoms. The number of phenolic OH excluding ortho intramolecular Hbond substituents is 1. The molecule has 0 radical (unpaired) electrons. The smallest absolute Gasteiger partial charge is 0.120 e. The number of nitrogens with one attached hydrogen (secondary N) is 2. The zero-order valence-electron chi connectivity index (χ0n) is 11.8. The van der Waals surface area contributed by atoms with Crippen LogP contribution in [0.2, 0.25) is 0 Å². The minimum atomic E-state index is 0.321. The van der Waals surface area contributed by atoms with Crippen LogP contribution in [0.4, 0.5) is 5.69 Å². The number of phenols is 1. The Bertz CT molecular complexity index is 718. The number of nitrogens with zero attached hydrogens (tertiary/aromatic N) is 1. The van der Waals surface area contributed by atoms with Gasteiger partial charge in [0.1, 0.15) is 5.75 Å². The molecule has 0 saturated heterocycles. The first-order valence-electron chi connectivity index (χ1n) is 6.84. The first-order chi connectivity index (χ1) is 10.2. The summed E-state index contributed by atoms with van der Waals surface area (Å²) in [5.41, 5.74) is 5.14. The third-order valence-electron chi connectivity index (χ3n) is 3.41. The van der Waals surface area contributed by atoms with E-state index in [0.29, 0.717) is 12.3 Å². The van der Waals surface area contributed by atoms with Crippen LogP contribution >= 0.6 is 0 Å². The molecule has 3 rings (SSSR count). The fourth-order valence-corrected chi connectivity index (χ4v) is 2.24. The third kappa shape index (κ3) is 3.05. The minimum Gasteiger partial charge on any atom is -0.508 e. The fraction of sp³-hybridized carbons (Fsp3) is 0.118. The Balaban J connectivity index is 1.70. The molecule has 4 heteroatoms. The van der Waals surface area contributed by atoms with Crippen LogP contribution in [0.5, 0.6) is 5.75 Å². The lowest BCUT2D eigenvalue weighted by atomic mass is 10.1. The summed E-state index contributed by atoms with van der Waals surface area (Å²) < 4.78 is 0. The highest BCUT2D eigenvalue weighted by molar-refractivity contribution is 5.62. The Morgan fingerprint density at radius 2 is 1.90 bits per heavy atom. The number of aromatic hydroxyl groups is 1. The largest absolute Gasteiger partial charge is 0.508 e. The molecule has 0 fully saturated rings. The maximum Gasteiger partial charge on any atom is 0.120 e. The number of aromatic amines is 1. The zero-order chi connectivity index (χ0) is 14.7. The molecule has 106 valence electrons. The van der Waals surface area contributed by atoms with Crippen molar-refractivity contribution in [3.05, 3.63) is 65.9 Å². The van der Waals surface area contributed by atoms with E-state index in [1.54, 1.807) is 12.3 Å². The van der Waals surface area contributed by atoms with Crippen molar-refractivity contribution in [1.82, 2.24) is 10.2 Å². The molecule has 0 bridgehead atoms. The Hall–Kier alpha value is -2.75. The standard InChI is InChI=1S/C17H17N3O/c1-12-2-7-17(21)14(10-12)11-18-15-5-3-13(4-6-15)16-8-9-19-20-16/h2-10,18,21H,11H2,1H3,(H,19,20). The summed E-state index contributed by atoms with van der Waals surface area (Å²) in [6, 6.07) is 15.7. The second-order valence-corrected chi connectivity index (χ2v) is 5.03. The van der Waals surface area contributed by atoms with Crippen LogP contribution in [-0.4, -0.2) is 15.3 Å². The molecule has 0 aliphatic heterocycles. The molecule has 21 heavy (non-hydrogen) atoms. The number of hydrogen-bond donors (Lipinski definition) is 3. The summed E-state index contributed by atoms with van der Waals surface area (Å²) in [7, 11) is 0. The van der Waals surface area contributed by atoms with Crippen LogP contribution in [0, 0.1) is 6.92 Å². The molecule has 1 heterocycles. The molecule has 0 aliphatic carbocycles. The third-order valence-corrected chi connectivity index (χ3v) is 3.41. The van der Waals surface area contributed by atoms with Gasteiger partial charge in [0.2, 0.25) is 0 Å². The molecular weight excluding hydrogens is 262 g/mol. The van der Waals surface area contributed by atoms with Gasteiger partial charge < -0.3 is 10.4 Å². The van der Waals surface area contributed by atoms with Crippen LogP contribution in [-0.2, 0) is 6.54 Å². The van der Waals surface area contributed by atoms with E-state index in [0.717, 1.165) is 28.1 Å². The molecule has 2 aromatic carbocycles. The van der Waals surface area contributed by atoms with Gasteiger partial charge in [-0.15, -0.1) is 0 Å². The Labute approximate surface area is 123 Å². The molecule has 0 aliphatic rings. The van der Waals surface area contributed by atoms with Crippen molar-refractivity contribution in [2.45, 2.75) is 13.5 Å². The molecule has 1 aromatic heterocycles. The predicted molar refractivity (Wildman–Crippen MR) is 84.2 cm³/mol.